The number of hydrogen-bond acceptors (Lipinski definition) is 2. The van der Waals surface area contributed by atoms with E-state index in [4.69, 9.17) is 4.74 Å². The van der Waals surface area contributed by atoms with Gasteiger partial charge in [-0.2, -0.15) is 0 Å². The highest BCUT2D eigenvalue weighted by Crippen LogP contribution is 2.41. The van der Waals surface area contributed by atoms with Crippen LogP contribution in [0.15, 0.2) is 48.5 Å². The summed E-state index contributed by atoms with van der Waals surface area (Å²) in [5, 5.41) is 10.7. The van der Waals surface area contributed by atoms with Gasteiger partial charge in [0.1, 0.15) is 11.9 Å². The van der Waals surface area contributed by atoms with Gasteiger partial charge in [0, 0.05) is 5.56 Å². The van der Waals surface area contributed by atoms with Crippen molar-refractivity contribution in [3.05, 3.63) is 65.2 Å². The van der Waals surface area contributed by atoms with E-state index >= 15 is 0 Å². The Kier molecular flexibility index (Phi) is 3.98. The fraction of sp³-hybridized carbons (Fsp3) is 0.368. The summed E-state index contributed by atoms with van der Waals surface area (Å²) in [5.74, 6) is 1.45. The molecule has 2 nitrogen and oxygen atoms in total. The molecule has 2 aromatic rings. The number of benzene rings is 2. The van der Waals surface area contributed by atoms with Crippen molar-refractivity contribution in [3.63, 3.8) is 0 Å². The topological polar surface area (TPSA) is 29.5 Å². The summed E-state index contributed by atoms with van der Waals surface area (Å²) in [6.45, 7) is 3.99. The fourth-order valence-corrected chi connectivity index (χ4v) is 2.65. The normalized spacial score (nSPS) is 16.0. The van der Waals surface area contributed by atoms with E-state index in [2.05, 4.69) is 12.1 Å². The maximum absolute atomic E-state index is 10.7. The zero-order chi connectivity index (χ0) is 14.8. The molecule has 110 valence electrons. The summed E-state index contributed by atoms with van der Waals surface area (Å²) in [5.41, 5.74) is 3.12. The molecule has 1 aliphatic rings. The van der Waals surface area contributed by atoms with Crippen LogP contribution in [0.25, 0.3) is 0 Å². The largest absolute Gasteiger partial charge is 0.491 e. The van der Waals surface area contributed by atoms with Crippen molar-refractivity contribution in [2.45, 2.75) is 44.8 Å². The molecule has 1 aliphatic carbocycles. The molecule has 21 heavy (non-hydrogen) atoms. The van der Waals surface area contributed by atoms with Crippen molar-refractivity contribution in [2.24, 2.45) is 0 Å². The number of para-hydroxylation sites is 1. The maximum Gasteiger partial charge on any atom is 0.125 e. The molecule has 1 atom stereocenters. The molecular weight excluding hydrogens is 260 g/mol. The van der Waals surface area contributed by atoms with E-state index in [9.17, 15) is 5.11 Å². The number of hydrogen-bond donors (Lipinski definition) is 1. The van der Waals surface area contributed by atoms with Crippen LogP contribution in [-0.4, -0.2) is 11.2 Å². The van der Waals surface area contributed by atoms with Crippen LogP contribution < -0.4 is 4.74 Å². The quantitative estimate of drug-likeness (QED) is 0.879. The lowest BCUT2D eigenvalue weighted by Gasteiger charge is -2.18. The molecule has 0 aliphatic heterocycles. The third-order valence-electron chi connectivity index (χ3n) is 3.85. The van der Waals surface area contributed by atoms with Crippen molar-refractivity contribution in [1.29, 1.82) is 0 Å². The molecule has 0 radical (unpaired) electrons. The van der Waals surface area contributed by atoms with E-state index < -0.39 is 6.10 Å². The summed E-state index contributed by atoms with van der Waals surface area (Å²) in [4.78, 5) is 0. The van der Waals surface area contributed by atoms with Crippen molar-refractivity contribution < 1.29 is 9.84 Å². The Morgan fingerprint density at radius 1 is 1.05 bits per heavy atom. The molecule has 0 spiro atoms. The van der Waals surface area contributed by atoms with E-state index in [1.165, 1.54) is 18.4 Å². The molecular formula is C19H22O2. The maximum atomic E-state index is 10.7. The third kappa shape index (κ3) is 3.27. The van der Waals surface area contributed by atoms with Gasteiger partial charge in [0.2, 0.25) is 0 Å². The SMILES string of the molecule is CC(C)Oc1ccccc1C(O)c1cccc(C2CC2)c1. The Morgan fingerprint density at radius 2 is 1.81 bits per heavy atom. The smallest absolute Gasteiger partial charge is 0.125 e. The molecule has 0 saturated heterocycles. The van der Waals surface area contributed by atoms with Crippen molar-refractivity contribution in [3.8, 4) is 5.75 Å². The molecule has 0 heterocycles. The first-order chi connectivity index (χ1) is 10.1. The summed E-state index contributed by atoms with van der Waals surface area (Å²) < 4.78 is 5.82. The van der Waals surface area contributed by atoms with Gasteiger partial charge < -0.3 is 9.84 Å². The first-order valence-corrected chi connectivity index (χ1v) is 7.68. The third-order valence-corrected chi connectivity index (χ3v) is 3.85. The highest BCUT2D eigenvalue weighted by atomic mass is 16.5. The van der Waals surface area contributed by atoms with Crippen LogP contribution in [0.5, 0.6) is 5.75 Å². The monoisotopic (exact) mass is 282 g/mol. The predicted molar refractivity (Wildman–Crippen MR) is 84.7 cm³/mol. The molecule has 1 saturated carbocycles. The van der Waals surface area contributed by atoms with Gasteiger partial charge in [-0.1, -0.05) is 42.5 Å². The van der Waals surface area contributed by atoms with Gasteiger partial charge in [-0.3, -0.25) is 0 Å². The van der Waals surface area contributed by atoms with Crippen LogP contribution in [0, 0.1) is 0 Å². The highest BCUT2D eigenvalue weighted by molar-refractivity contribution is 5.42. The van der Waals surface area contributed by atoms with E-state index in [-0.39, 0.29) is 6.10 Å². The van der Waals surface area contributed by atoms with Gasteiger partial charge >= 0.3 is 0 Å². The fourth-order valence-electron chi connectivity index (χ4n) is 2.65. The zero-order valence-electron chi connectivity index (χ0n) is 12.6. The number of rotatable bonds is 5. The second-order valence-electron chi connectivity index (χ2n) is 6.05. The summed E-state index contributed by atoms with van der Waals surface area (Å²) in [6, 6.07) is 16.1. The molecule has 0 aromatic heterocycles. The molecule has 2 aromatic carbocycles. The minimum absolute atomic E-state index is 0.0937. The van der Waals surface area contributed by atoms with E-state index in [1.54, 1.807) is 0 Å². The Morgan fingerprint density at radius 3 is 2.52 bits per heavy atom. The van der Waals surface area contributed by atoms with Gasteiger partial charge in [-0.25, -0.2) is 0 Å². The van der Waals surface area contributed by atoms with Crippen molar-refractivity contribution in [2.75, 3.05) is 0 Å². The minimum Gasteiger partial charge on any atom is -0.491 e. The van der Waals surface area contributed by atoms with Crippen LogP contribution in [0.4, 0.5) is 0 Å². The van der Waals surface area contributed by atoms with Crippen LogP contribution >= 0.6 is 0 Å². The van der Waals surface area contributed by atoms with Crippen molar-refractivity contribution >= 4 is 0 Å². The molecule has 2 heteroatoms. The summed E-state index contributed by atoms with van der Waals surface area (Å²) in [7, 11) is 0. The molecule has 0 bridgehead atoms. The Labute approximate surface area is 126 Å². The lowest BCUT2D eigenvalue weighted by atomic mass is 9.97. The second-order valence-corrected chi connectivity index (χ2v) is 6.05. The second kappa shape index (κ2) is 5.90. The Hall–Kier alpha value is -1.80. The summed E-state index contributed by atoms with van der Waals surface area (Å²) >= 11 is 0. The number of ether oxygens (including phenoxy) is 1. The number of aliphatic hydroxyl groups is 1. The first kappa shape index (κ1) is 14.2. The Bertz CT molecular complexity index is 614. The summed E-state index contributed by atoms with van der Waals surface area (Å²) in [6.07, 6.45) is 1.99. The average molecular weight is 282 g/mol. The van der Waals surface area contributed by atoms with Gasteiger partial charge in [0.05, 0.1) is 6.10 Å². The van der Waals surface area contributed by atoms with Gasteiger partial charge in [-0.05, 0) is 49.8 Å². The molecule has 0 amide bonds. The number of aliphatic hydroxyl groups excluding tert-OH is 1. The lowest BCUT2D eigenvalue weighted by molar-refractivity contribution is 0.198. The molecule has 1 N–H and O–H groups in total. The van der Waals surface area contributed by atoms with Crippen LogP contribution in [0.2, 0.25) is 0 Å². The average Bonchev–Trinajstić information content (AvgIpc) is 3.31. The highest BCUT2D eigenvalue weighted by Gasteiger charge is 2.24. The standard InChI is InChI=1S/C19H22O2/c1-13(2)21-18-9-4-3-8-17(18)19(20)16-7-5-6-15(12-16)14-10-11-14/h3-9,12-14,19-20H,10-11H2,1-2H3. The zero-order valence-corrected chi connectivity index (χ0v) is 12.6. The lowest BCUT2D eigenvalue weighted by Crippen LogP contribution is -2.10. The van der Waals surface area contributed by atoms with Crippen molar-refractivity contribution in [1.82, 2.24) is 0 Å². The van der Waals surface area contributed by atoms with Crippen LogP contribution in [-0.2, 0) is 0 Å². The van der Waals surface area contributed by atoms with Gasteiger partial charge in [-0.15, -0.1) is 0 Å². The Balaban J connectivity index is 1.90. The van der Waals surface area contributed by atoms with E-state index in [0.717, 1.165) is 16.9 Å². The van der Waals surface area contributed by atoms with Crippen LogP contribution in [0.1, 0.15) is 55.4 Å². The predicted octanol–water partition coefficient (Wildman–Crippen LogP) is 4.43. The van der Waals surface area contributed by atoms with E-state index in [0.29, 0.717) is 5.92 Å². The molecule has 3 rings (SSSR count). The first-order valence-electron chi connectivity index (χ1n) is 7.68. The van der Waals surface area contributed by atoms with Gasteiger partial charge in [0.15, 0.2) is 0 Å². The van der Waals surface area contributed by atoms with Gasteiger partial charge in [0.25, 0.3) is 0 Å². The van der Waals surface area contributed by atoms with E-state index in [1.807, 2.05) is 50.2 Å². The molecule has 1 fully saturated rings. The molecule has 1 unspecified atom stereocenters. The minimum atomic E-state index is -0.640. The van der Waals surface area contributed by atoms with Crippen LogP contribution in [0.3, 0.4) is 0 Å².